The SMILES string of the molecule is O=C(COC(=O)C1COc2ccccc2O1)Nc1cccc(S(=O)(=O)N2CCCCC2)c1. The van der Waals surface area contributed by atoms with E-state index < -0.39 is 34.6 Å². The number of carbonyl (C=O) groups excluding carboxylic acids is 2. The number of ether oxygens (including phenoxy) is 3. The van der Waals surface area contributed by atoms with Gasteiger partial charge in [-0.05, 0) is 43.2 Å². The van der Waals surface area contributed by atoms with E-state index in [1.807, 2.05) is 0 Å². The highest BCUT2D eigenvalue weighted by Crippen LogP contribution is 2.31. The van der Waals surface area contributed by atoms with Gasteiger partial charge in [0.25, 0.3) is 5.91 Å². The Labute approximate surface area is 186 Å². The third kappa shape index (κ3) is 5.03. The molecule has 1 N–H and O–H groups in total. The molecule has 170 valence electrons. The summed E-state index contributed by atoms with van der Waals surface area (Å²) in [6.45, 7) is 0.426. The molecule has 1 fully saturated rings. The van der Waals surface area contributed by atoms with E-state index in [4.69, 9.17) is 14.2 Å². The van der Waals surface area contributed by atoms with E-state index in [2.05, 4.69) is 5.32 Å². The van der Waals surface area contributed by atoms with Crippen molar-refractivity contribution in [2.45, 2.75) is 30.3 Å². The van der Waals surface area contributed by atoms with Gasteiger partial charge in [-0.25, -0.2) is 13.2 Å². The summed E-state index contributed by atoms with van der Waals surface area (Å²) in [5.74, 6) is -0.357. The Kier molecular flexibility index (Phi) is 6.61. The number of amides is 1. The first-order valence-electron chi connectivity index (χ1n) is 10.4. The van der Waals surface area contributed by atoms with Crippen molar-refractivity contribution in [1.29, 1.82) is 0 Å². The van der Waals surface area contributed by atoms with Gasteiger partial charge in [-0.1, -0.05) is 24.6 Å². The monoisotopic (exact) mass is 460 g/mol. The molecule has 1 saturated heterocycles. The topological polar surface area (TPSA) is 111 Å². The van der Waals surface area contributed by atoms with E-state index in [1.165, 1.54) is 16.4 Å². The standard InChI is InChI=1S/C22H24N2O7S/c25-21(15-30-22(26)20-14-29-18-9-2-3-10-19(18)31-20)23-16-7-6-8-17(13-16)32(27,28)24-11-4-1-5-12-24/h2-3,6-10,13,20H,1,4-5,11-12,14-15H2,(H,23,25). The van der Waals surface area contributed by atoms with Gasteiger partial charge in [-0.3, -0.25) is 4.79 Å². The summed E-state index contributed by atoms with van der Waals surface area (Å²) in [6, 6.07) is 13.0. The average Bonchev–Trinajstić information content (AvgIpc) is 2.83. The van der Waals surface area contributed by atoms with Crippen molar-refractivity contribution in [3.63, 3.8) is 0 Å². The molecule has 4 rings (SSSR count). The van der Waals surface area contributed by atoms with Crippen molar-refractivity contribution in [2.75, 3.05) is 31.6 Å². The zero-order chi connectivity index (χ0) is 22.6. The molecule has 2 aliphatic rings. The van der Waals surface area contributed by atoms with Crippen LogP contribution in [0.15, 0.2) is 53.4 Å². The predicted octanol–water partition coefficient (Wildman–Crippen LogP) is 2.18. The fourth-order valence-corrected chi connectivity index (χ4v) is 5.11. The van der Waals surface area contributed by atoms with Gasteiger partial charge in [0.2, 0.25) is 16.1 Å². The Morgan fingerprint density at radius 1 is 1.03 bits per heavy atom. The van der Waals surface area contributed by atoms with E-state index >= 15 is 0 Å². The summed E-state index contributed by atoms with van der Waals surface area (Å²) in [5.41, 5.74) is 0.301. The van der Waals surface area contributed by atoms with Crippen molar-refractivity contribution >= 4 is 27.6 Å². The minimum atomic E-state index is -3.62. The van der Waals surface area contributed by atoms with Crippen molar-refractivity contribution in [2.24, 2.45) is 0 Å². The summed E-state index contributed by atoms with van der Waals surface area (Å²) in [7, 11) is -3.62. The van der Waals surface area contributed by atoms with Crippen LogP contribution in [-0.4, -0.2) is 57.0 Å². The van der Waals surface area contributed by atoms with Gasteiger partial charge in [0, 0.05) is 18.8 Å². The Hall–Kier alpha value is -3.11. The first-order valence-corrected chi connectivity index (χ1v) is 11.8. The molecule has 0 saturated carbocycles. The number of fused-ring (bicyclic) bond motifs is 1. The third-order valence-corrected chi connectivity index (χ3v) is 7.08. The Bertz CT molecular complexity index is 1100. The largest absolute Gasteiger partial charge is 0.485 e. The number of esters is 1. The van der Waals surface area contributed by atoms with Crippen LogP contribution in [0.2, 0.25) is 0 Å². The fourth-order valence-electron chi connectivity index (χ4n) is 3.55. The van der Waals surface area contributed by atoms with Crippen LogP contribution in [0.25, 0.3) is 0 Å². The zero-order valence-corrected chi connectivity index (χ0v) is 18.2. The van der Waals surface area contributed by atoms with E-state index in [0.717, 1.165) is 19.3 Å². The van der Waals surface area contributed by atoms with Crippen LogP contribution in [0.3, 0.4) is 0 Å². The highest BCUT2D eigenvalue weighted by atomic mass is 32.2. The van der Waals surface area contributed by atoms with Crippen molar-refractivity contribution < 1.29 is 32.2 Å². The van der Waals surface area contributed by atoms with Crippen LogP contribution in [-0.2, 0) is 24.3 Å². The lowest BCUT2D eigenvalue weighted by molar-refractivity contribution is -0.156. The number of hydrogen-bond acceptors (Lipinski definition) is 7. The molecule has 0 aromatic heterocycles. The zero-order valence-electron chi connectivity index (χ0n) is 17.4. The Morgan fingerprint density at radius 3 is 2.56 bits per heavy atom. The number of piperidine rings is 1. The second-order valence-corrected chi connectivity index (χ2v) is 9.45. The summed E-state index contributed by atoms with van der Waals surface area (Å²) in [6.07, 6.45) is 1.71. The maximum absolute atomic E-state index is 12.8. The third-order valence-electron chi connectivity index (χ3n) is 5.19. The van der Waals surface area contributed by atoms with Crippen molar-refractivity contribution in [3.05, 3.63) is 48.5 Å². The van der Waals surface area contributed by atoms with Crippen LogP contribution in [0.5, 0.6) is 11.5 Å². The van der Waals surface area contributed by atoms with Crippen LogP contribution in [0.1, 0.15) is 19.3 Å². The molecule has 2 heterocycles. The molecular formula is C22H24N2O7S. The number of hydrogen-bond donors (Lipinski definition) is 1. The van der Waals surface area contributed by atoms with E-state index in [9.17, 15) is 18.0 Å². The van der Waals surface area contributed by atoms with Crippen molar-refractivity contribution in [3.8, 4) is 11.5 Å². The van der Waals surface area contributed by atoms with E-state index in [-0.39, 0.29) is 11.5 Å². The molecule has 2 aliphatic heterocycles. The quantitative estimate of drug-likeness (QED) is 0.658. The lowest BCUT2D eigenvalue weighted by atomic mass is 10.2. The highest BCUT2D eigenvalue weighted by Gasteiger charge is 2.29. The maximum atomic E-state index is 12.8. The van der Waals surface area contributed by atoms with Gasteiger partial charge < -0.3 is 19.5 Å². The number of carbonyl (C=O) groups is 2. The molecule has 32 heavy (non-hydrogen) atoms. The molecule has 2 aromatic rings. The molecule has 1 atom stereocenters. The molecule has 9 nitrogen and oxygen atoms in total. The lowest BCUT2D eigenvalue weighted by Crippen LogP contribution is -2.39. The Morgan fingerprint density at radius 2 is 1.78 bits per heavy atom. The van der Waals surface area contributed by atoms with E-state index in [0.29, 0.717) is 30.3 Å². The normalized spacial score (nSPS) is 18.6. The van der Waals surface area contributed by atoms with Crippen LogP contribution in [0.4, 0.5) is 5.69 Å². The van der Waals surface area contributed by atoms with Crippen molar-refractivity contribution in [1.82, 2.24) is 4.31 Å². The second kappa shape index (κ2) is 9.58. The number of sulfonamides is 1. The molecule has 0 radical (unpaired) electrons. The number of anilines is 1. The highest BCUT2D eigenvalue weighted by molar-refractivity contribution is 7.89. The minimum absolute atomic E-state index is 0.0200. The first kappa shape index (κ1) is 22.1. The minimum Gasteiger partial charge on any atom is -0.485 e. The molecule has 2 aromatic carbocycles. The van der Waals surface area contributed by atoms with Gasteiger partial charge in [0.05, 0.1) is 4.90 Å². The molecule has 0 aliphatic carbocycles. The lowest BCUT2D eigenvalue weighted by Gasteiger charge is -2.26. The van der Waals surface area contributed by atoms with Gasteiger partial charge in [-0.2, -0.15) is 4.31 Å². The van der Waals surface area contributed by atoms with Crippen LogP contribution < -0.4 is 14.8 Å². The molecule has 10 heteroatoms. The Balaban J connectivity index is 1.32. The second-order valence-electron chi connectivity index (χ2n) is 7.51. The average molecular weight is 461 g/mol. The van der Waals surface area contributed by atoms with Crippen LogP contribution in [0, 0.1) is 0 Å². The molecule has 1 amide bonds. The number of benzene rings is 2. The number of nitrogens with zero attached hydrogens (tertiary/aromatic N) is 1. The van der Waals surface area contributed by atoms with Crippen LogP contribution >= 0.6 is 0 Å². The number of rotatable bonds is 6. The summed E-state index contributed by atoms with van der Waals surface area (Å²) in [4.78, 5) is 24.6. The molecule has 0 bridgehead atoms. The number of nitrogens with one attached hydrogen (secondary N) is 1. The smallest absolute Gasteiger partial charge is 0.351 e. The molecule has 0 spiro atoms. The summed E-state index contributed by atoms with van der Waals surface area (Å²) in [5, 5.41) is 2.56. The molecular weight excluding hydrogens is 436 g/mol. The van der Waals surface area contributed by atoms with Gasteiger partial charge in [0.15, 0.2) is 18.1 Å². The van der Waals surface area contributed by atoms with Gasteiger partial charge >= 0.3 is 5.97 Å². The maximum Gasteiger partial charge on any atom is 0.351 e. The van der Waals surface area contributed by atoms with Gasteiger partial charge in [0.1, 0.15) is 6.61 Å². The first-order chi connectivity index (χ1) is 15.4. The predicted molar refractivity (Wildman–Crippen MR) is 115 cm³/mol. The van der Waals surface area contributed by atoms with Gasteiger partial charge in [-0.15, -0.1) is 0 Å². The number of para-hydroxylation sites is 2. The molecule has 1 unspecified atom stereocenters. The summed E-state index contributed by atoms with van der Waals surface area (Å²) < 4.78 is 43.2. The van der Waals surface area contributed by atoms with E-state index in [1.54, 1.807) is 36.4 Å². The fraction of sp³-hybridized carbons (Fsp3) is 0.364. The summed E-state index contributed by atoms with van der Waals surface area (Å²) >= 11 is 0.